The van der Waals surface area contributed by atoms with Crippen LogP contribution >= 0.6 is 34.7 Å². The van der Waals surface area contributed by atoms with Gasteiger partial charge in [0.2, 0.25) is 0 Å². The van der Waals surface area contributed by atoms with Gasteiger partial charge in [-0.1, -0.05) is 25.4 Å². The highest BCUT2D eigenvalue weighted by molar-refractivity contribution is 7.99. The zero-order valence-electron chi connectivity index (χ0n) is 10.6. The van der Waals surface area contributed by atoms with Gasteiger partial charge in [0.1, 0.15) is 5.69 Å². The summed E-state index contributed by atoms with van der Waals surface area (Å²) in [5.41, 5.74) is 0.575. The second-order valence-corrected chi connectivity index (χ2v) is 7.63. The maximum absolute atomic E-state index is 12.4. The summed E-state index contributed by atoms with van der Waals surface area (Å²) >= 11 is 9.29. The van der Waals surface area contributed by atoms with Crippen molar-refractivity contribution < 1.29 is 4.79 Å². The number of halogens is 1. The molecular formula is C12H17ClN2OS2. The summed E-state index contributed by atoms with van der Waals surface area (Å²) in [6.45, 7) is 5.92. The molecule has 0 radical (unpaired) electrons. The molecule has 1 saturated heterocycles. The summed E-state index contributed by atoms with van der Waals surface area (Å²) in [5, 5.41) is 0. The molecule has 0 aliphatic carbocycles. The van der Waals surface area contributed by atoms with Crippen LogP contribution in [-0.4, -0.2) is 40.4 Å². The molecule has 18 heavy (non-hydrogen) atoms. The number of amides is 1. The summed E-state index contributed by atoms with van der Waals surface area (Å²) in [4.78, 5) is 19.6. The molecule has 1 aliphatic rings. The Labute approximate surface area is 121 Å². The van der Waals surface area contributed by atoms with Crippen LogP contribution in [0.5, 0.6) is 0 Å². The lowest BCUT2D eigenvalue weighted by Gasteiger charge is -2.26. The summed E-state index contributed by atoms with van der Waals surface area (Å²) in [6, 6.07) is 0. The molecule has 0 atom stereocenters. The van der Waals surface area contributed by atoms with Crippen molar-refractivity contribution in [3.05, 3.63) is 15.0 Å². The highest BCUT2D eigenvalue weighted by Gasteiger charge is 2.24. The molecule has 100 valence electrons. The predicted molar refractivity (Wildman–Crippen MR) is 78.9 cm³/mol. The van der Waals surface area contributed by atoms with Crippen molar-refractivity contribution in [2.45, 2.75) is 20.3 Å². The fourth-order valence-corrected chi connectivity index (χ4v) is 4.17. The molecule has 1 aliphatic heterocycles. The first kappa shape index (κ1) is 14.2. The van der Waals surface area contributed by atoms with Crippen LogP contribution in [0.1, 0.15) is 29.2 Å². The third-order valence-electron chi connectivity index (χ3n) is 2.77. The van der Waals surface area contributed by atoms with E-state index >= 15 is 0 Å². The fraction of sp³-hybridized carbons (Fsp3) is 0.667. The molecule has 1 amide bonds. The number of hydrogen-bond donors (Lipinski definition) is 0. The highest BCUT2D eigenvalue weighted by atomic mass is 35.5. The van der Waals surface area contributed by atoms with Gasteiger partial charge in [-0.25, -0.2) is 4.98 Å². The zero-order chi connectivity index (χ0) is 13.1. The van der Waals surface area contributed by atoms with Crippen LogP contribution in [0.25, 0.3) is 0 Å². The fourth-order valence-electron chi connectivity index (χ4n) is 1.92. The van der Waals surface area contributed by atoms with Gasteiger partial charge < -0.3 is 4.90 Å². The van der Waals surface area contributed by atoms with E-state index < -0.39 is 0 Å². The Kier molecular flexibility index (Phi) is 4.92. The van der Waals surface area contributed by atoms with Gasteiger partial charge in [-0.3, -0.25) is 4.79 Å². The van der Waals surface area contributed by atoms with Crippen LogP contribution in [0.3, 0.4) is 0 Å². The van der Waals surface area contributed by atoms with Crippen LogP contribution in [0.15, 0.2) is 0 Å². The third kappa shape index (κ3) is 3.39. The smallest absolute Gasteiger partial charge is 0.273 e. The molecular weight excluding hydrogens is 288 g/mol. The average Bonchev–Trinajstić information content (AvgIpc) is 2.69. The number of thiazole rings is 1. The maximum Gasteiger partial charge on any atom is 0.273 e. The summed E-state index contributed by atoms with van der Waals surface area (Å²) in [5.74, 6) is 2.59. The van der Waals surface area contributed by atoms with E-state index in [9.17, 15) is 4.79 Å². The second-order valence-electron chi connectivity index (χ2n) is 4.74. The number of thioether (sulfide) groups is 1. The van der Waals surface area contributed by atoms with Crippen molar-refractivity contribution in [1.29, 1.82) is 0 Å². The zero-order valence-corrected chi connectivity index (χ0v) is 13.0. The van der Waals surface area contributed by atoms with Gasteiger partial charge in [0.25, 0.3) is 5.91 Å². The average molecular weight is 305 g/mol. The Morgan fingerprint density at radius 3 is 2.72 bits per heavy atom. The maximum atomic E-state index is 12.4. The molecule has 1 aromatic heterocycles. The van der Waals surface area contributed by atoms with E-state index in [1.807, 2.05) is 16.7 Å². The summed E-state index contributed by atoms with van der Waals surface area (Å²) in [7, 11) is 0. The van der Waals surface area contributed by atoms with Gasteiger partial charge in [0, 0.05) is 29.5 Å². The van der Waals surface area contributed by atoms with Crippen LogP contribution < -0.4 is 0 Å². The number of carbonyl (C=O) groups excluding carboxylic acids is 1. The number of aromatic nitrogens is 1. The van der Waals surface area contributed by atoms with E-state index in [0.29, 0.717) is 16.1 Å². The first-order chi connectivity index (χ1) is 8.58. The Balaban J connectivity index is 2.17. The molecule has 0 spiro atoms. The van der Waals surface area contributed by atoms with Gasteiger partial charge >= 0.3 is 0 Å². The molecule has 1 aromatic rings. The standard InChI is InChI=1S/C12H17ClN2OS2/c1-8(2)7-9-10(14-12(13)18-9)11(16)15-3-5-17-6-4-15/h8H,3-7H2,1-2H3. The van der Waals surface area contributed by atoms with Gasteiger partial charge in [0.15, 0.2) is 4.47 Å². The Hall–Kier alpha value is -0.260. The largest absolute Gasteiger partial charge is 0.336 e. The van der Waals surface area contributed by atoms with Crippen molar-refractivity contribution in [1.82, 2.24) is 9.88 Å². The Bertz CT molecular complexity index is 428. The summed E-state index contributed by atoms with van der Waals surface area (Å²) in [6.07, 6.45) is 0.869. The van der Waals surface area contributed by atoms with Crippen molar-refractivity contribution >= 4 is 40.6 Å². The normalized spacial score (nSPS) is 16.3. The summed E-state index contributed by atoms with van der Waals surface area (Å²) < 4.78 is 0.473. The highest BCUT2D eigenvalue weighted by Crippen LogP contribution is 2.27. The molecule has 0 unspecified atom stereocenters. The molecule has 2 rings (SSSR count). The molecule has 0 aromatic carbocycles. The second kappa shape index (κ2) is 6.26. The van der Waals surface area contributed by atoms with Crippen LogP contribution in [-0.2, 0) is 6.42 Å². The quantitative estimate of drug-likeness (QED) is 0.860. The van der Waals surface area contributed by atoms with E-state index in [0.717, 1.165) is 35.9 Å². The Morgan fingerprint density at radius 2 is 2.11 bits per heavy atom. The lowest BCUT2D eigenvalue weighted by molar-refractivity contribution is 0.0766. The van der Waals surface area contributed by atoms with Crippen LogP contribution in [0.4, 0.5) is 0 Å². The van der Waals surface area contributed by atoms with Crippen molar-refractivity contribution in [3.63, 3.8) is 0 Å². The van der Waals surface area contributed by atoms with Gasteiger partial charge in [-0.15, -0.1) is 11.3 Å². The van der Waals surface area contributed by atoms with Crippen molar-refractivity contribution in [3.8, 4) is 0 Å². The molecule has 6 heteroatoms. The Morgan fingerprint density at radius 1 is 1.44 bits per heavy atom. The molecule has 0 N–H and O–H groups in total. The monoisotopic (exact) mass is 304 g/mol. The van der Waals surface area contributed by atoms with Gasteiger partial charge in [-0.05, 0) is 12.3 Å². The first-order valence-electron chi connectivity index (χ1n) is 6.10. The number of rotatable bonds is 3. The predicted octanol–water partition coefficient (Wildman–Crippen LogP) is 3.18. The minimum atomic E-state index is 0.0501. The van der Waals surface area contributed by atoms with Crippen molar-refractivity contribution in [2.75, 3.05) is 24.6 Å². The van der Waals surface area contributed by atoms with Crippen molar-refractivity contribution in [2.24, 2.45) is 5.92 Å². The number of nitrogens with zero attached hydrogens (tertiary/aromatic N) is 2. The molecule has 2 heterocycles. The third-order valence-corrected chi connectivity index (χ3v) is 4.89. The van der Waals surface area contributed by atoms with E-state index in [1.54, 1.807) is 0 Å². The lowest BCUT2D eigenvalue weighted by atomic mass is 10.1. The molecule has 3 nitrogen and oxygen atoms in total. The minimum Gasteiger partial charge on any atom is -0.336 e. The molecule has 1 fully saturated rings. The van der Waals surface area contributed by atoms with E-state index in [2.05, 4.69) is 18.8 Å². The van der Waals surface area contributed by atoms with Crippen LogP contribution in [0, 0.1) is 5.92 Å². The van der Waals surface area contributed by atoms with Gasteiger partial charge in [-0.2, -0.15) is 11.8 Å². The number of hydrogen-bond acceptors (Lipinski definition) is 4. The van der Waals surface area contributed by atoms with E-state index in [1.165, 1.54) is 11.3 Å². The first-order valence-corrected chi connectivity index (χ1v) is 8.45. The van der Waals surface area contributed by atoms with E-state index in [4.69, 9.17) is 11.6 Å². The van der Waals surface area contributed by atoms with Gasteiger partial charge in [0.05, 0.1) is 0 Å². The molecule has 0 bridgehead atoms. The SMILES string of the molecule is CC(C)Cc1sc(Cl)nc1C(=O)N1CCSCC1. The topological polar surface area (TPSA) is 33.2 Å². The number of carbonyl (C=O) groups is 1. The van der Waals surface area contributed by atoms with Crippen LogP contribution in [0.2, 0.25) is 4.47 Å². The molecule has 0 saturated carbocycles. The lowest BCUT2D eigenvalue weighted by Crippen LogP contribution is -2.38. The minimum absolute atomic E-state index is 0.0501. The van der Waals surface area contributed by atoms with E-state index in [-0.39, 0.29) is 5.91 Å².